The number of hydrogen-bond donors (Lipinski definition) is 0. The molecule has 0 atom stereocenters. The van der Waals surface area contributed by atoms with Crippen LogP contribution in [0.5, 0.6) is 0 Å². The second-order valence-electron chi connectivity index (χ2n) is 7.64. The lowest BCUT2D eigenvalue weighted by molar-refractivity contribution is 0.384. The second kappa shape index (κ2) is 8.67. The number of rotatable bonds is 5. The van der Waals surface area contributed by atoms with E-state index in [0.29, 0.717) is 31.2 Å². The van der Waals surface area contributed by atoms with Crippen LogP contribution in [0.4, 0.5) is 5.13 Å². The van der Waals surface area contributed by atoms with Crippen LogP contribution in [0.3, 0.4) is 0 Å². The SMILES string of the molecule is Cc1cc(C)cc(Cc2csc(N3CCN(S(=O)(=O)c4ccc(Cl)cc4)CC3)n2)c1. The summed E-state index contributed by atoms with van der Waals surface area (Å²) in [6.45, 7) is 6.36. The van der Waals surface area contributed by atoms with E-state index in [1.807, 2.05) is 0 Å². The monoisotopic (exact) mass is 461 g/mol. The van der Waals surface area contributed by atoms with E-state index in [-0.39, 0.29) is 4.90 Å². The third-order valence-corrected chi connectivity index (χ3v) is 8.28. The van der Waals surface area contributed by atoms with Crippen molar-refractivity contribution in [3.63, 3.8) is 0 Å². The minimum atomic E-state index is -3.50. The Morgan fingerprint density at radius 2 is 1.63 bits per heavy atom. The second-order valence-corrected chi connectivity index (χ2v) is 10.9. The Morgan fingerprint density at radius 1 is 1.00 bits per heavy atom. The largest absolute Gasteiger partial charge is 0.345 e. The first-order valence-electron chi connectivity index (χ1n) is 9.83. The number of thiazole rings is 1. The number of halogens is 1. The molecule has 1 saturated heterocycles. The molecule has 1 fully saturated rings. The van der Waals surface area contributed by atoms with Gasteiger partial charge in [0.1, 0.15) is 0 Å². The zero-order valence-electron chi connectivity index (χ0n) is 17.0. The van der Waals surface area contributed by atoms with Gasteiger partial charge in [0, 0.05) is 43.0 Å². The zero-order chi connectivity index (χ0) is 21.3. The van der Waals surface area contributed by atoms with Crippen molar-refractivity contribution in [1.82, 2.24) is 9.29 Å². The Bertz CT molecular complexity index is 1120. The van der Waals surface area contributed by atoms with Crippen molar-refractivity contribution in [2.24, 2.45) is 0 Å². The predicted octanol–water partition coefficient (Wildman–Crippen LogP) is 4.52. The average molecular weight is 462 g/mol. The van der Waals surface area contributed by atoms with Gasteiger partial charge in [0.25, 0.3) is 0 Å². The summed E-state index contributed by atoms with van der Waals surface area (Å²) in [4.78, 5) is 7.26. The topological polar surface area (TPSA) is 53.5 Å². The summed E-state index contributed by atoms with van der Waals surface area (Å²) < 4.78 is 27.2. The van der Waals surface area contributed by atoms with Crippen molar-refractivity contribution < 1.29 is 8.42 Å². The lowest BCUT2D eigenvalue weighted by atomic mass is 10.0. The van der Waals surface area contributed by atoms with Gasteiger partial charge in [-0.05, 0) is 43.7 Å². The summed E-state index contributed by atoms with van der Waals surface area (Å²) in [6.07, 6.45) is 0.809. The predicted molar refractivity (Wildman–Crippen MR) is 123 cm³/mol. The fraction of sp³-hybridized carbons (Fsp3) is 0.318. The molecule has 0 amide bonds. The van der Waals surface area contributed by atoms with Gasteiger partial charge in [-0.3, -0.25) is 0 Å². The van der Waals surface area contributed by atoms with Crippen LogP contribution >= 0.6 is 22.9 Å². The van der Waals surface area contributed by atoms with Gasteiger partial charge >= 0.3 is 0 Å². The zero-order valence-corrected chi connectivity index (χ0v) is 19.4. The molecule has 0 spiro atoms. The molecule has 4 rings (SSSR count). The molecule has 0 bridgehead atoms. The van der Waals surface area contributed by atoms with Gasteiger partial charge in [0.15, 0.2) is 5.13 Å². The van der Waals surface area contributed by atoms with E-state index in [0.717, 1.165) is 17.2 Å². The molecular formula is C22H24ClN3O2S2. The van der Waals surface area contributed by atoms with Gasteiger partial charge in [-0.1, -0.05) is 40.9 Å². The first kappa shape index (κ1) is 21.3. The molecule has 158 valence electrons. The molecule has 0 aliphatic carbocycles. The Balaban J connectivity index is 1.40. The molecule has 0 radical (unpaired) electrons. The van der Waals surface area contributed by atoms with Crippen LogP contribution in [0.2, 0.25) is 5.02 Å². The Kier molecular flexibility index (Phi) is 6.16. The van der Waals surface area contributed by atoms with Crippen molar-refractivity contribution >= 4 is 38.1 Å². The summed E-state index contributed by atoms with van der Waals surface area (Å²) in [6, 6.07) is 12.9. The highest BCUT2D eigenvalue weighted by molar-refractivity contribution is 7.89. The van der Waals surface area contributed by atoms with Crippen molar-refractivity contribution in [3.05, 3.63) is 75.3 Å². The number of nitrogens with zero attached hydrogens (tertiary/aromatic N) is 3. The van der Waals surface area contributed by atoms with Crippen LogP contribution in [-0.2, 0) is 16.4 Å². The molecular weight excluding hydrogens is 438 g/mol. The highest BCUT2D eigenvalue weighted by Gasteiger charge is 2.29. The summed E-state index contributed by atoms with van der Waals surface area (Å²) in [5, 5.41) is 3.58. The normalized spacial score (nSPS) is 15.5. The molecule has 5 nitrogen and oxygen atoms in total. The molecule has 8 heteroatoms. The number of sulfonamides is 1. The fourth-order valence-corrected chi connectivity index (χ4v) is 6.21. The van der Waals surface area contributed by atoms with Gasteiger partial charge in [-0.2, -0.15) is 4.31 Å². The van der Waals surface area contributed by atoms with Crippen LogP contribution in [-0.4, -0.2) is 43.9 Å². The molecule has 1 aliphatic heterocycles. The Morgan fingerprint density at radius 3 is 2.27 bits per heavy atom. The van der Waals surface area contributed by atoms with Crippen molar-refractivity contribution in [2.45, 2.75) is 25.2 Å². The maximum Gasteiger partial charge on any atom is 0.243 e. The highest BCUT2D eigenvalue weighted by Crippen LogP contribution is 2.26. The number of hydrogen-bond acceptors (Lipinski definition) is 5. The number of benzene rings is 2. The minimum Gasteiger partial charge on any atom is -0.345 e. The number of anilines is 1. The molecule has 0 saturated carbocycles. The van der Waals surface area contributed by atoms with Gasteiger partial charge in [0.05, 0.1) is 10.6 Å². The average Bonchev–Trinajstić information content (AvgIpc) is 3.16. The first-order valence-corrected chi connectivity index (χ1v) is 12.5. The van der Waals surface area contributed by atoms with Gasteiger partial charge in [0.2, 0.25) is 10.0 Å². The maximum absolute atomic E-state index is 12.9. The lowest BCUT2D eigenvalue weighted by Crippen LogP contribution is -2.48. The van der Waals surface area contributed by atoms with E-state index in [1.54, 1.807) is 35.6 Å². The lowest BCUT2D eigenvalue weighted by Gasteiger charge is -2.33. The van der Waals surface area contributed by atoms with Gasteiger partial charge < -0.3 is 4.90 Å². The van der Waals surface area contributed by atoms with Crippen molar-refractivity contribution in [2.75, 3.05) is 31.1 Å². The summed E-state index contributed by atoms with van der Waals surface area (Å²) in [7, 11) is -3.50. The minimum absolute atomic E-state index is 0.283. The molecule has 30 heavy (non-hydrogen) atoms. The highest BCUT2D eigenvalue weighted by atomic mass is 35.5. The summed E-state index contributed by atoms with van der Waals surface area (Å²) in [5.41, 5.74) is 4.84. The third-order valence-electron chi connectivity index (χ3n) is 5.17. The van der Waals surface area contributed by atoms with Crippen LogP contribution < -0.4 is 4.90 Å². The molecule has 2 aromatic carbocycles. The van der Waals surface area contributed by atoms with Crippen LogP contribution in [0.15, 0.2) is 52.7 Å². The summed E-state index contributed by atoms with van der Waals surface area (Å²) >= 11 is 7.50. The van der Waals surface area contributed by atoms with Crippen LogP contribution in [0.25, 0.3) is 0 Å². The molecule has 0 unspecified atom stereocenters. The van der Waals surface area contributed by atoms with E-state index in [4.69, 9.17) is 16.6 Å². The quantitative estimate of drug-likeness (QED) is 0.560. The molecule has 0 N–H and O–H groups in total. The van der Waals surface area contributed by atoms with Crippen molar-refractivity contribution in [3.8, 4) is 0 Å². The van der Waals surface area contributed by atoms with Crippen molar-refractivity contribution in [1.29, 1.82) is 0 Å². The first-order chi connectivity index (χ1) is 14.3. The standard InChI is InChI=1S/C22H24ClN3O2S2/c1-16-11-17(2)13-18(12-16)14-20-15-29-22(24-20)25-7-9-26(10-8-25)30(27,28)21-5-3-19(23)4-6-21/h3-6,11-13,15H,7-10,14H2,1-2H3. The van der Waals surface area contributed by atoms with E-state index >= 15 is 0 Å². The summed E-state index contributed by atoms with van der Waals surface area (Å²) in [5.74, 6) is 0. The van der Waals surface area contributed by atoms with Gasteiger partial charge in [-0.25, -0.2) is 13.4 Å². The number of aromatic nitrogens is 1. The van der Waals surface area contributed by atoms with E-state index in [1.165, 1.54) is 21.0 Å². The number of piperazine rings is 1. The maximum atomic E-state index is 12.9. The third kappa shape index (κ3) is 4.70. The van der Waals surface area contributed by atoms with Crippen LogP contribution in [0.1, 0.15) is 22.4 Å². The molecule has 1 aromatic heterocycles. The van der Waals surface area contributed by atoms with E-state index in [2.05, 4.69) is 42.3 Å². The Hall–Kier alpha value is -1.93. The Labute approximate surface area is 187 Å². The molecule has 1 aliphatic rings. The van der Waals surface area contributed by atoms with Crippen LogP contribution in [0, 0.1) is 13.8 Å². The van der Waals surface area contributed by atoms with E-state index in [9.17, 15) is 8.42 Å². The van der Waals surface area contributed by atoms with E-state index < -0.39 is 10.0 Å². The van der Waals surface area contributed by atoms with Gasteiger partial charge in [-0.15, -0.1) is 11.3 Å². The number of aryl methyl sites for hydroxylation is 2. The smallest absolute Gasteiger partial charge is 0.243 e. The fourth-order valence-electron chi connectivity index (χ4n) is 3.78. The molecule has 3 aromatic rings. The molecule has 2 heterocycles.